The molecule has 1 aromatic carbocycles. The van der Waals surface area contributed by atoms with E-state index in [0.29, 0.717) is 16.0 Å². The van der Waals surface area contributed by atoms with Gasteiger partial charge in [-0.2, -0.15) is 0 Å². The number of nitrogens with zero attached hydrogens (tertiary/aromatic N) is 4. The highest BCUT2D eigenvalue weighted by Crippen LogP contribution is 2.28. The van der Waals surface area contributed by atoms with Gasteiger partial charge in [0.05, 0.1) is 5.69 Å². The van der Waals surface area contributed by atoms with E-state index < -0.39 is 5.91 Å². The summed E-state index contributed by atoms with van der Waals surface area (Å²) in [6.45, 7) is 4.08. The first kappa shape index (κ1) is 17.1. The fourth-order valence-electron chi connectivity index (χ4n) is 2.25. The molecule has 0 radical (unpaired) electrons. The standard InChI is InChI=1S/C17H16BrN5O2/c1-10(2)11-3-5-14(24)13(7-11)21-17(25)16-12(18)4-6-15(22-16)23-8-19-20-9-23/h3-10,24H,1-2H3,(H,21,25). The van der Waals surface area contributed by atoms with Gasteiger partial charge < -0.3 is 10.4 Å². The Morgan fingerprint density at radius 2 is 1.92 bits per heavy atom. The quantitative estimate of drug-likeness (QED) is 0.652. The van der Waals surface area contributed by atoms with Crippen LogP contribution < -0.4 is 5.32 Å². The SMILES string of the molecule is CC(C)c1ccc(O)c(NC(=O)c2nc(-n3cnnc3)ccc2Br)c1. The van der Waals surface area contributed by atoms with Crippen molar-refractivity contribution < 1.29 is 9.90 Å². The van der Waals surface area contributed by atoms with Gasteiger partial charge in [-0.25, -0.2) is 4.98 Å². The van der Waals surface area contributed by atoms with Crippen LogP contribution in [0.15, 0.2) is 47.5 Å². The van der Waals surface area contributed by atoms with Crippen LogP contribution >= 0.6 is 15.9 Å². The van der Waals surface area contributed by atoms with Crippen molar-refractivity contribution in [3.05, 3.63) is 58.7 Å². The van der Waals surface area contributed by atoms with Crippen molar-refractivity contribution >= 4 is 27.5 Å². The third-order valence-electron chi connectivity index (χ3n) is 3.67. The maximum absolute atomic E-state index is 12.6. The van der Waals surface area contributed by atoms with Crippen molar-refractivity contribution in [2.75, 3.05) is 5.32 Å². The second-order valence-corrected chi connectivity index (χ2v) is 6.61. The van der Waals surface area contributed by atoms with Crippen LogP contribution in [0.3, 0.4) is 0 Å². The first-order valence-electron chi connectivity index (χ1n) is 7.61. The number of anilines is 1. The molecule has 2 heterocycles. The topological polar surface area (TPSA) is 92.9 Å². The lowest BCUT2D eigenvalue weighted by molar-refractivity contribution is 0.102. The number of amides is 1. The van der Waals surface area contributed by atoms with E-state index >= 15 is 0 Å². The first-order valence-corrected chi connectivity index (χ1v) is 8.41. The lowest BCUT2D eigenvalue weighted by Crippen LogP contribution is -2.16. The summed E-state index contributed by atoms with van der Waals surface area (Å²) in [6.07, 6.45) is 2.99. The van der Waals surface area contributed by atoms with E-state index in [1.807, 2.05) is 19.9 Å². The number of carbonyl (C=O) groups is 1. The number of benzene rings is 1. The molecule has 2 aromatic heterocycles. The minimum absolute atomic E-state index is 0.00355. The summed E-state index contributed by atoms with van der Waals surface area (Å²) in [4.78, 5) is 17.0. The summed E-state index contributed by atoms with van der Waals surface area (Å²) < 4.78 is 2.14. The molecule has 0 aliphatic rings. The van der Waals surface area contributed by atoms with Crippen molar-refractivity contribution in [3.63, 3.8) is 0 Å². The minimum Gasteiger partial charge on any atom is -0.506 e. The van der Waals surface area contributed by atoms with Crippen LogP contribution in [0.2, 0.25) is 0 Å². The molecule has 25 heavy (non-hydrogen) atoms. The minimum atomic E-state index is -0.432. The Balaban J connectivity index is 1.91. The number of phenolic OH excluding ortho intramolecular Hbond substituents is 1. The zero-order chi connectivity index (χ0) is 18.0. The molecule has 0 saturated carbocycles. The number of halogens is 1. The molecule has 0 spiro atoms. The summed E-state index contributed by atoms with van der Waals surface area (Å²) >= 11 is 3.34. The predicted molar refractivity (Wildman–Crippen MR) is 97.0 cm³/mol. The Morgan fingerprint density at radius 3 is 2.60 bits per heavy atom. The molecule has 2 N–H and O–H groups in total. The smallest absolute Gasteiger partial charge is 0.275 e. The van der Waals surface area contributed by atoms with Crippen molar-refractivity contribution in [1.82, 2.24) is 19.7 Å². The normalized spacial score (nSPS) is 10.9. The molecular formula is C17H16BrN5O2. The number of aromatic nitrogens is 4. The molecule has 0 unspecified atom stereocenters. The Hall–Kier alpha value is -2.74. The van der Waals surface area contributed by atoms with E-state index in [2.05, 4.69) is 36.4 Å². The fourth-order valence-corrected chi connectivity index (χ4v) is 2.65. The molecule has 0 atom stereocenters. The van der Waals surface area contributed by atoms with Gasteiger partial charge in [0.25, 0.3) is 5.91 Å². The van der Waals surface area contributed by atoms with E-state index in [-0.39, 0.29) is 17.4 Å². The molecule has 0 aliphatic carbocycles. The van der Waals surface area contributed by atoms with Gasteiger partial charge in [-0.3, -0.25) is 9.36 Å². The summed E-state index contributed by atoms with van der Waals surface area (Å²) in [5.41, 5.74) is 1.55. The average molecular weight is 402 g/mol. The zero-order valence-electron chi connectivity index (χ0n) is 13.6. The van der Waals surface area contributed by atoms with Gasteiger partial charge in [0.2, 0.25) is 0 Å². The maximum atomic E-state index is 12.6. The number of rotatable bonds is 4. The molecule has 0 fully saturated rings. The molecule has 0 bridgehead atoms. The predicted octanol–water partition coefficient (Wildman–Crippen LogP) is 3.51. The zero-order valence-corrected chi connectivity index (χ0v) is 15.2. The second-order valence-electron chi connectivity index (χ2n) is 5.75. The Kier molecular flexibility index (Phi) is 4.80. The number of nitrogens with one attached hydrogen (secondary N) is 1. The maximum Gasteiger partial charge on any atom is 0.275 e. The van der Waals surface area contributed by atoms with Crippen molar-refractivity contribution in [3.8, 4) is 11.6 Å². The largest absolute Gasteiger partial charge is 0.506 e. The van der Waals surface area contributed by atoms with Gasteiger partial charge in [-0.1, -0.05) is 19.9 Å². The van der Waals surface area contributed by atoms with Crippen molar-refractivity contribution in [1.29, 1.82) is 0 Å². The molecule has 3 rings (SSSR count). The van der Waals surface area contributed by atoms with Gasteiger partial charge in [0.1, 0.15) is 29.9 Å². The van der Waals surface area contributed by atoms with Gasteiger partial charge in [-0.15, -0.1) is 10.2 Å². The van der Waals surface area contributed by atoms with Crippen LogP contribution in [0.1, 0.15) is 35.8 Å². The lowest BCUT2D eigenvalue weighted by Gasteiger charge is -2.12. The van der Waals surface area contributed by atoms with Crippen molar-refractivity contribution in [2.45, 2.75) is 19.8 Å². The van der Waals surface area contributed by atoms with E-state index in [4.69, 9.17) is 0 Å². The third-order valence-corrected chi connectivity index (χ3v) is 4.31. The van der Waals surface area contributed by atoms with E-state index in [1.165, 1.54) is 12.7 Å². The number of phenols is 1. The monoisotopic (exact) mass is 401 g/mol. The fraction of sp³-hybridized carbons (Fsp3) is 0.176. The summed E-state index contributed by atoms with van der Waals surface area (Å²) in [5, 5.41) is 20.2. The number of carbonyl (C=O) groups excluding carboxylic acids is 1. The summed E-state index contributed by atoms with van der Waals surface area (Å²) in [6, 6.07) is 8.62. The van der Waals surface area contributed by atoms with E-state index in [9.17, 15) is 9.90 Å². The molecule has 8 heteroatoms. The van der Waals surface area contributed by atoms with Gasteiger partial charge >= 0.3 is 0 Å². The molecule has 1 amide bonds. The Labute approximate surface area is 152 Å². The van der Waals surface area contributed by atoms with Crippen molar-refractivity contribution in [2.24, 2.45) is 0 Å². The first-order chi connectivity index (χ1) is 12.0. The highest BCUT2D eigenvalue weighted by molar-refractivity contribution is 9.10. The van der Waals surface area contributed by atoms with Crippen LogP contribution in [0, 0.1) is 0 Å². The average Bonchev–Trinajstić information content (AvgIpc) is 3.11. The van der Waals surface area contributed by atoms with Crippen LogP contribution in [-0.2, 0) is 0 Å². The highest BCUT2D eigenvalue weighted by Gasteiger charge is 2.16. The number of hydrogen-bond acceptors (Lipinski definition) is 5. The van der Waals surface area contributed by atoms with Gasteiger partial charge in [0.15, 0.2) is 0 Å². The molecule has 0 aliphatic heterocycles. The second kappa shape index (κ2) is 7.02. The molecule has 0 saturated heterocycles. The molecular weight excluding hydrogens is 386 g/mol. The van der Waals surface area contributed by atoms with Crippen LogP contribution in [-0.4, -0.2) is 30.8 Å². The van der Waals surface area contributed by atoms with Gasteiger partial charge in [-0.05, 0) is 51.7 Å². The molecule has 128 valence electrons. The van der Waals surface area contributed by atoms with E-state index in [0.717, 1.165) is 5.56 Å². The number of aromatic hydroxyl groups is 1. The summed E-state index contributed by atoms with van der Waals surface area (Å²) in [7, 11) is 0. The number of pyridine rings is 1. The third kappa shape index (κ3) is 3.69. The van der Waals surface area contributed by atoms with E-state index in [1.54, 1.807) is 28.8 Å². The van der Waals surface area contributed by atoms with Crippen LogP contribution in [0.4, 0.5) is 5.69 Å². The van der Waals surface area contributed by atoms with Crippen LogP contribution in [0.5, 0.6) is 5.75 Å². The lowest BCUT2D eigenvalue weighted by atomic mass is 10.0. The van der Waals surface area contributed by atoms with Gasteiger partial charge in [0, 0.05) is 4.47 Å². The van der Waals surface area contributed by atoms with Crippen LogP contribution in [0.25, 0.3) is 5.82 Å². The molecule has 7 nitrogen and oxygen atoms in total. The Morgan fingerprint density at radius 1 is 1.20 bits per heavy atom. The Bertz CT molecular complexity index is 909. The molecule has 3 aromatic rings. The number of hydrogen-bond donors (Lipinski definition) is 2. The highest BCUT2D eigenvalue weighted by atomic mass is 79.9. The summed E-state index contributed by atoms with van der Waals surface area (Å²) in [5.74, 6) is 0.360.